The second-order valence-electron chi connectivity index (χ2n) is 8.17. The van der Waals surface area contributed by atoms with E-state index in [1.54, 1.807) is 19.2 Å². The summed E-state index contributed by atoms with van der Waals surface area (Å²) in [5.41, 5.74) is 7.50. The molecule has 33 heavy (non-hydrogen) atoms. The fourth-order valence-electron chi connectivity index (χ4n) is 3.94. The Morgan fingerprint density at radius 2 is 1.73 bits per heavy atom. The van der Waals surface area contributed by atoms with Crippen molar-refractivity contribution in [2.75, 3.05) is 7.05 Å². The number of carbonyl (C=O) groups excluding carboxylic acids is 1. The molecule has 6 nitrogen and oxygen atoms in total. The van der Waals surface area contributed by atoms with Gasteiger partial charge < -0.3 is 9.67 Å². The van der Waals surface area contributed by atoms with Gasteiger partial charge in [0.2, 0.25) is 0 Å². The molecule has 1 fully saturated rings. The van der Waals surface area contributed by atoms with Gasteiger partial charge in [-0.2, -0.15) is 0 Å². The Bertz CT molecular complexity index is 1330. The van der Waals surface area contributed by atoms with Gasteiger partial charge in [0, 0.05) is 24.1 Å². The fourth-order valence-corrected chi connectivity index (χ4v) is 4.92. The first-order valence-electron chi connectivity index (χ1n) is 10.5. The molecule has 2 aromatic carbocycles. The number of amidine groups is 1. The van der Waals surface area contributed by atoms with E-state index in [0.29, 0.717) is 15.8 Å². The van der Waals surface area contributed by atoms with E-state index < -0.39 is 5.97 Å². The smallest absolute Gasteiger partial charge is 0.335 e. The Hall–Kier alpha value is -3.58. The molecule has 0 aliphatic carbocycles. The Balaban J connectivity index is 1.66. The van der Waals surface area contributed by atoms with Gasteiger partial charge in [0.05, 0.1) is 16.2 Å². The molecule has 0 unspecified atom stereocenters. The van der Waals surface area contributed by atoms with Crippen LogP contribution in [0.1, 0.15) is 38.4 Å². The number of hydrogen-bond acceptors (Lipinski definition) is 4. The molecule has 1 aromatic heterocycles. The van der Waals surface area contributed by atoms with Gasteiger partial charge in [-0.3, -0.25) is 9.69 Å². The zero-order valence-corrected chi connectivity index (χ0v) is 20.0. The van der Waals surface area contributed by atoms with Crippen molar-refractivity contribution in [3.63, 3.8) is 0 Å². The molecule has 2 heterocycles. The molecular formula is C26H25N3O3S. The highest BCUT2D eigenvalue weighted by Gasteiger charge is 2.30. The van der Waals surface area contributed by atoms with Crippen LogP contribution in [0, 0.1) is 27.7 Å². The lowest BCUT2D eigenvalue weighted by atomic mass is 10.1. The largest absolute Gasteiger partial charge is 0.478 e. The number of hydrogen-bond donors (Lipinski definition) is 1. The van der Waals surface area contributed by atoms with Crippen LogP contribution in [0.2, 0.25) is 0 Å². The van der Waals surface area contributed by atoms with E-state index in [4.69, 9.17) is 5.11 Å². The number of aliphatic imine (C=N–C) groups is 1. The molecule has 1 aliphatic heterocycles. The Morgan fingerprint density at radius 1 is 1.03 bits per heavy atom. The molecule has 1 aliphatic rings. The van der Waals surface area contributed by atoms with Crippen molar-refractivity contribution >= 4 is 40.6 Å². The maximum atomic E-state index is 12.9. The quantitative estimate of drug-likeness (QED) is 0.512. The summed E-state index contributed by atoms with van der Waals surface area (Å²) >= 11 is 1.31. The Kier molecular flexibility index (Phi) is 5.99. The normalized spacial score (nSPS) is 16.3. The maximum absolute atomic E-state index is 12.9. The number of carboxylic acid groups (broad SMARTS) is 1. The van der Waals surface area contributed by atoms with Gasteiger partial charge in [-0.05, 0) is 93.1 Å². The summed E-state index contributed by atoms with van der Waals surface area (Å²) in [5.74, 6) is -1.10. The number of benzene rings is 2. The summed E-state index contributed by atoms with van der Waals surface area (Å²) in [6, 6.07) is 14.8. The molecule has 3 aromatic rings. The van der Waals surface area contributed by atoms with Crippen molar-refractivity contribution in [2.24, 2.45) is 4.99 Å². The summed E-state index contributed by atoms with van der Waals surface area (Å²) in [6.45, 7) is 8.32. The molecule has 168 valence electrons. The third-order valence-electron chi connectivity index (χ3n) is 5.69. The fraction of sp³-hybridized carbons (Fsp3) is 0.192. The van der Waals surface area contributed by atoms with Crippen LogP contribution >= 0.6 is 11.8 Å². The van der Waals surface area contributed by atoms with Crippen LogP contribution in [0.25, 0.3) is 11.8 Å². The molecule has 7 heteroatoms. The Labute approximate surface area is 197 Å². The monoisotopic (exact) mass is 459 g/mol. The minimum absolute atomic E-state index is 0.114. The maximum Gasteiger partial charge on any atom is 0.335 e. The first kappa shape index (κ1) is 22.6. The highest BCUT2D eigenvalue weighted by molar-refractivity contribution is 8.18. The molecular weight excluding hydrogens is 434 g/mol. The second-order valence-corrected chi connectivity index (χ2v) is 9.18. The molecule has 1 amide bonds. The van der Waals surface area contributed by atoms with Crippen molar-refractivity contribution in [1.29, 1.82) is 0 Å². The molecule has 0 bridgehead atoms. The van der Waals surface area contributed by atoms with Crippen molar-refractivity contribution in [3.8, 4) is 5.69 Å². The van der Waals surface area contributed by atoms with Gasteiger partial charge in [0.15, 0.2) is 5.17 Å². The lowest BCUT2D eigenvalue weighted by molar-refractivity contribution is -0.121. The molecule has 0 saturated carbocycles. The van der Waals surface area contributed by atoms with E-state index in [0.717, 1.165) is 22.6 Å². The number of thioether (sulfide) groups is 1. The topological polar surface area (TPSA) is 74.9 Å². The first-order valence-corrected chi connectivity index (χ1v) is 11.3. The van der Waals surface area contributed by atoms with Gasteiger partial charge in [-0.25, -0.2) is 9.79 Å². The zero-order chi connectivity index (χ0) is 23.9. The molecule has 1 saturated heterocycles. The average Bonchev–Trinajstić information content (AvgIpc) is 3.19. The van der Waals surface area contributed by atoms with Crippen LogP contribution in [0.3, 0.4) is 0 Å². The van der Waals surface area contributed by atoms with Crippen molar-refractivity contribution in [3.05, 3.63) is 87.1 Å². The lowest BCUT2D eigenvalue weighted by Crippen LogP contribution is -2.23. The third kappa shape index (κ3) is 4.36. The van der Waals surface area contributed by atoms with Crippen molar-refractivity contribution in [1.82, 2.24) is 9.47 Å². The van der Waals surface area contributed by atoms with E-state index in [2.05, 4.69) is 61.5 Å². The van der Waals surface area contributed by atoms with Crippen molar-refractivity contribution < 1.29 is 14.7 Å². The minimum atomic E-state index is -0.986. The molecule has 0 spiro atoms. The van der Waals surface area contributed by atoms with E-state index in [-0.39, 0.29) is 11.5 Å². The Morgan fingerprint density at radius 3 is 2.36 bits per heavy atom. The highest BCUT2D eigenvalue weighted by atomic mass is 32.2. The SMILES string of the molecule is Cc1ccc(-n2c(C)cc(/C=C3\SC(=Nc4ccc(C(=O)O)cc4)N(C)C3=O)c2C)c(C)c1. The number of carbonyl (C=O) groups is 2. The number of aryl methyl sites for hydroxylation is 3. The number of rotatable bonds is 4. The number of amides is 1. The summed E-state index contributed by atoms with van der Waals surface area (Å²) in [6.07, 6.45) is 1.92. The molecule has 4 rings (SSSR count). The predicted molar refractivity (Wildman–Crippen MR) is 134 cm³/mol. The first-order chi connectivity index (χ1) is 15.7. The summed E-state index contributed by atoms with van der Waals surface area (Å²) < 4.78 is 2.22. The molecule has 0 atom stereocenters. The van der Waals surface area contributed by atoms with Crippen molar-refractivity contribution in [2.45, 2.75) is 27.7 Å². The number of carboxylic acids is 1. The van der Waals surface area contributed by atoms with E-state index in [1.807, 2.05) is 6.08 Å². The van der Waals surface area contributed by atoms with Gasteiger partial charge in [0.25, 0.3) is 5.91 Å². The van der Waals surface area contributed by atoms with E-state index in [9.17, 15) is 9.59 Å². The number of aromatic carboxylic acids is 1. The summed E-state index contributed by atoms with van der Waals surface area (Å²) in [4.78, 5) is 30.6. The standard InChI is InChI=1S/C26H25N3O3S/c1-15-6-11-22(16(2)12-15)29-17(3)13-20(18(29)4)14-23-24(30)28(5)26(33-23)27-21-9-7-19(8-10-21)25(31)32/h6-14H,1-5H3,(H,31,32)/b23-14-,27-26?. The van der Waals surface area contributed by atoms with Crippen LogP contribution in [-0.4, -0.2) is 38.7 Å². The number of likely N-dealkylation sites (N-methyl/N-ethyl adjacent to an activating group) is 1. The van der Waals surface area contributed by atoms with Gasteiger partial charge in [0.1, 0.15) is 0 Å². The summed E-state index contributed by atoms with van der Waals surface area (Å²) in [7, 11) is 1.69. The van der Waals surface area contributed by atoms with Crippen LogP contribution in [0.5, 0.6) is 0 Å². The van der Waals surface area contributed by atoms with Crippen LogP contribution in [-0.2, 0) is 4.79 Å². The highest BCUT2D eigenvalue weighted by Crippen LogP contribution is 2.34. The zero-order valence-electron chi connectivity index (χ0n) is 19.2. The molecule has 1 N–H and O–H groups in total. The number of nitrogens with zero attached hydrogens (tertiary/aromatic N) is 3. The van der Waals surface area contributed by atoms with E-state index >= 15 is 0 Å². The van der Waals surface area contributed by atoms with Gasteiger partial charge >= 0.3 is 5.97 Å². The third-order valence-corrected chi connectivity index (χ3v) is 6.75. The van der Waals surface area contributed by atoms with Gasteiger partial charge in [-0.15, -0.1) is 0 Å². The van der Waals surface area contributed by atoms with E-state index in [1.165, 1.54) is 39.9 Å². The minimum Gasteiger partial charge on any atom is -0.478 e. The second kappa shape index (κ2) is 8.75. The van der Waals surface area contributed by atoms with Crippen LogP contribution in [0.15, 0.2) is 58.4 Å². The van der Waals surface area contributed by atoms with Crippen LogP contribution in [0.4, 0.5) is 5.69 Å². The lowest BCUT2D eigenvalue weighted by Gasteiger charge is -2.13. The number of aromatic nitrogens is 1. The predicted octanol–water partition coefficient (Wildman–Crippen LogP) is 5.64. The average molecular weight is 460 g/mol. The summed E-state index contributed by atoms with van der Waals surface area (Å²) in [5, 5.41) is 9.61. The molecule has 0 radical (unpaired) electrons. The van der Waals surface area contributed by atoms with Crippen LogP contribution < -0.4 is 0 Å². The van der Waals surface area contributed by atoms with Gasteiger partial charge in [-0.1, -0.05) is 17.7 Å².